The molecule has 0 amide bonds. The van der Waals surface area contributed by atoms with Crippen LogP contribution in [0.25, 0.3) is 0 Å². The van der Waals surface area contributed by atoms with Crippen LogP contribution in [0.1, 0.15) is 26.3 Å². The van der Waals surface area contributed by atoms with E-state index in [1.54, 1.807) is 13.2 Å². The molecule has 4 nitrogen and oxygen atoms in total. The maximum absolute atomic E-state index is 13.5. The van der Waals surface area contributed by atoms with E-state index in [2.05, 4.69) is 31.6 Å². The molecule has 0 bridgehead atoms. The summed E-state index contributed by atoms with van der Waals surface area (Å²) in [5.41, 5.74) is 0.541. The first-order valence-corrected chi connectivity index (χ1v) is 7.68. The van der Waals surface area contributed by atoms with Crippen LogP contribution in [0.3, 0.4) is 0 Å². The predicted octanol–water partition coefficient (Wildman–Crippen LogP) is 3.69. The van der Waals surface area contributed by atoms with E-state index >= 15 is 0 Å². The lowest BCUT2D eigenvalue weighted by Crippen LogP contribution is -2.45. The Morgan fingerprint density at radius 3 is 2.59 bits per heavy atom. The summed E-state index contributed by atoms with van der Waals surface area (Å²) < 4.78 is 19.3. The fraction of sp³-hybridized carbons (Fsp3) is 0.533. The Kier molecular flexibility index (Phi) is 10.2. The quantitative estimate of drug-likeness (QED) is 0.365. The van der Waals surface area contributed by atoms with Crippen LogP contribution >= 0.6 is 39.9 Å². The van der Waals surface area contributed by atoms with E-state index in [1.807, 2.05) is 26.8 Å². The average Bonchev–Trinajstić information content (AvgIpc) is 2.45. The molecular weight excluding hydrogens is 464 g/mol. The number of hydrogen-bond acceptors (Lipinski definition) is 2. The summed E-state index contributed by atoms with van der Waals surface area (Å²) in [4.78, 5) is 4.45. The minimum absolute atomic E-state index is 0. The molecule has 0 unspecified atom stereocenters. The van der Waals surface area contributed by atoms with Gasteiger partial charge in [0, 0.05) is 20.2 Å². The van der Waals surface area contributed by atoms with Crippen molar-refractivity contribution in [2.75, 3.05) is 20.2 Å². The molecule has 0 aliphatic carbocycles. The summed E-state index contributed by atoms with van der Waals surface area (Å²) in [6.45, 7) is 7.78. The van der Waals surface area contributed by atoms with Crippen LogP contribution in [-0.2, 0) is 11.3 Å². The molecule has 0 heterocycles. The Balaban J connectivity index is 0.00000441. The molecular formula is C15H24BrFIN3O. The molecule has 0 saturated carbocycles. The van der Waals surface area contributed by atoms with Gasteiger partial charge in [-0.15, -0.1) is 24.0 Å². The molecule has 2 N–H and O–H groups in total. The summed E-state index contributed by atoms with van der Waals surface area (Å²) in [6, 6.07) is 5.02. The smallest absolute Gasteiger partial charge is 0.191 e. The van der Waals surface area contributed by atoms with Crippen LogP contribution < -0.4 is 10.6 Å². The lowest BCUT2D eigenvalue weighted by Gasteiger charge is -2.24. The number of halogens is 3. The maximum atomic E-state index is 13.5. The van der Waals surface area contributed by atoms with Crippen LogP contribution in [0, 0.1) is 5.82 Å². The molecule has 7 heteroatoms. The van der Waals surface area contributed by atoms with Crippen molar-refractivity contribution in [3.63, 3.8) is 0 Å². The highest BCUT2D eigenvalue weighted by atomic mass is 127. The molecule has 126 valence electrons. The van der Waals surface area contributed by atoms with Crippen LogP contribution in [0.4, 0.5) is 4.39 Å². The van der Waals surface area contributed by atoms with E-state index in [0.29, 0.717) is 23.5 Å². The standard InChI is InChI=1S/C15H23BrFN3O.HI/c1-5-18-14(20-10-15(2,3)21-4)19-9-11-6-7-12(16)13(17)8-11;/h6-8H,5,9-10H2,1-4H3,(H2,18,19,20);1H. The maximum Gasteiger partial charge on any atom is 0.191 e. The Morgan fingerprint density at radius 2 is 2.05 bits per heavy atom. The highest BCUT2D eigenvalue weighted by Gasteiger charge is 2.16. The molecule has 22 heavy (non-hydrogen) atoms. The number of hydrogen-bond donors (Lipinski definition) is 2. The van der Waals surface area contributed by atoms with E-state index in [0.717, 1.165) is 12.1 Å². The van der Waals surface area contributed by atoms with Gasteiger partial charge in [0.2, 0.25) is 0 Å². The number of guanidine groups is 1. The molecule has 0 atom stereocenters. The molecule has 1 aromatic rings. The van der Waals surface area contributed by atoms with Gasteiger partial charge >= 0.3 is 0 Å². The van der Waals surface area contributed by atoms with E-state index in [4.69, 9.17) is 4.74 Å². The summed E-state index contributed by atoms with van der Waals surface area (Å²) in [7, 11) is 1.68. The van der Waals surface area contributed by atoms with Crippen molar-refractivity contribution in [2.24, 2.45) is 4.99 Å². The van der Waals surface area contributed by atoms with E-state index in [1.165, 1.54) is 6.07 Å². The van der Waals surface area contributed by atoms with Crippen molar-refractivity contribution in [1.82, 2.24) is 10.6 Å². The predicted molar refractivity (Wildman–Crippen MR) is 103 cm³/mol. The second-order valence-electron chi connectivity index (χ2n) is 5.26. The van der Waals surface area contributed by atoms with Gasteiger partial charge in [-0.05, 0) is 54.4 Å². The Bertz CT molecular complexity index is 498. The van der Waals surface area contributed by atoms with Crippen molar-refractivity contribution < 1.29 is 9.13 Å². The molecule has 0 fully saturated rings. The fourth-order valence-electron chi connectivity index (χ4n) is 1.52. The monoisotopic (exact) mass is 487 g/mol. The van der Waals surface area contributed by atoms with Gasteiger partial charge in [0.05, 0.1) is 16.6 Å². The number of ether oxygens (including phenoxy) is 1. The van der Waals surface area contributed by atoms with Crippen molar-refractivity contribution in [1.29, 1.82) is 0 Å². The number of benzene rings is 1. The van der Waals surface area contributed by atoms with E-state index < -0.39 is 0 Å². The van der Waals surface area contributed by atoms with Gasteiger partial charge in [-0.2, -0.15) is 0 Å². The van der Waals surface area contributed by atoms with Crippen LogP contribution in [-0.4, -0.2) is 31.8 Å². The molecule has 0 saturated heterocycles. The fourth-order valence-corrected chi connectivity index (χ4v) is 1.77. The molecule has 1 rings (SSSR count). The Morgan fingerprint density at radius 1 is 1.36 bits per heavy atom. The van der Waals surface area contributed by atoms with Crippen molar-refractivity contribution in [2.45, 2.75) is 32.9 Å². The zero-order chi connectivity index (χ0) is 15.9. The minimum atomic E-state index is -0.278. The van der Waals surface area contributed by atoms with Gasteiger partial charge < -0.3 is 15.4 Å². The molecule has 0 aromatic heterocycles. The SMILES string of the molecule is CCNC(=NCc1ccc(Br)c(F)c1)NCC(C)(C)OC.I. The highest BCUT2D eigenvalue weighted by Crippen LogP contribution is 2.16. The Hall–Kier alpha value is -0.410. The van der Waals surface area contributed by atoms with E-state index in [9.17, 15) is 4.39 Å². The van der Waals surface area contributed by atoms with Crippen molar-refractivity contribution in [3.05, 3.63) is 34.1 Å². The zero-order valence-electron chi connectivity index (χ0n) is 13.4. The first-order valence-electron chi connectivity index (χ1n) is 6.89. The second kappa shape index (κ2) is 10.4. The van der Waals surface area contributed by atoms with Gasteiger partial charge in [0.1, 0.15) is 5.82 Å². The van der Waals surface area contributed by atoms with Crippen LogP contribution in [0.2, 0.25) is 0 Å². The minimum Gasteiger partial charge on any atom is -0.377 e. The average molecular weight is 488 g/mol. The van der Waals surface area contributed by atoms with Gasteiger partial charge in [0.25, 0.3) is 0 Å². The number of aliphatic imine (C=N–C) groups is 1. The van der Waals surface area contributed by atoms with Crippen LogP contribution in [0.15, 0.2) is 27.7 Å². The van der Waals surface area contributed by atoms with E-state index in [-0.39, 0.29) is 35.4 Å². The molecule has 0 aliphatic heterocycles. The number of nitrogens with zero attached hydrogens (tertiary/aromatic N) is 1. The van der Waals surface area contributed by atoms with Crippen LogP contribution in [0.5, 0.6) is 0 Å². The highest BCUT2D eigenvalue weighted by molar-refractivity contribution is 14.0. The van der Waals surface area contributed by atoms with Crippen molar-refractivity contribution in [3.8, 4) is 0 Å². The van der Waals surface area contributed by atoms with Gasteiger partial charge in [-0.1, -0.05) is 6.07 Å². The first-order chi connectivity index (χ1) is 9.88. The topological polar surface area (TPSA) is 45.7 Å². The molecule has 1 aromatic carbocycles. The van der Waals surface area contributed by atoms with Crippen molar-refractivity contribution >= 4 is 45.9 Å². The van der Waals surface area contributed by atoms with Gasteiger partial charge in [-0.25, -0.2) is 9.38 Å². The Labute approximate surface area is 157 Å². The molecule has 0 radical (unpaired) electrons. The first kappa shape index (κ1) is 21.6. The lowest BCUT2D eigenvalue weighted by molar-refractivity contribution is 0.0268. The largest absolute Gasteiger partial charge is 0.377 e. The third-order valence-corrected chi connectivity index (χ3v) is 3.63. The van der Waals surface area contributed by atoms with Gasteiger partial charge in [-0.3, -0.25) is 0 Å². The number of methoxy groups -OCH3 is 1. The van der Waals surface area contributed by atoms with Gasteiger partial charge in [0.15, 0.2) is 5.96 Å². The number of nitrogens with one attached hydrogen (secondary N) is 2. The summed E-state index contributed by atoms with van der Waals surface area (Å²) in [5, 5.41) is 6.37. The normalized spacial score (nSPS) is 11.8. The summed E-state index contributed by atoms with van der Waals surface area (Å²) >= 11 is 3.14. The zero-order valence-corrected chi connectivity index (χ0v) is 17.3. The number of rotatable bonds is 6. The second-order valence-corrected chi connectivity index (χ2v) is 6.12. The third-order valence-electron chi connectivity index (χ3n) is 2.98. The molecule has 0 aliphatic rings. The summed E-state index contributed by atoms with van der Waals surface area (Å²) in [6.07, 6.45) is 0. The third kappa shape index (κ3) is 7.73. The summed E-state index contributed by atoms with van der Waals surface area (Å²) in [5.74, 6) is 0.409. The molecule has 0 spiro atoms. The lowest BCUT2D eigenvalue weighted by atomic mass is 10.1.